The van der Waals surface area contributed by atoms with Crippen LogP contribution in [0.15, 0.2) is 35.3 Å². The lowest BCUT2D eigenvalue weighted by molar-refractivity contribution is 0.482. The first-order chi connectivity index (χ1) is 8.18. The molecule has 0 amide bonds. The van der Waals surface area contributed by atoms with Crippen molar-refractivity contribution in [3.8, 4) is 0 Å². The minimum atomic E-state index is 0.300. The molecule has 1 heteroatoms. The van der Waals surface area contributed by atoms with E-state index >= 15 is 0 Å². The maximum atomic E-state index is 4.98. The van der Waals surface area contributed by atoms with E-state index in [2.05, 4.69) is 51.1 Å². The van der Waals surface area contributed by atoms with Gasteiger partial charge < -0.3 is 0 Å². The Hall–Kier alpha value is -1.11. The van der Waals surface area contributed by atoms with Gasteiger partial charge in [0.05, 0.1) is 6.04 Å². The molecule has 1 aromatic rings. The Balaban J connectivity index is 2.17. The van der Waals surface area contributed by atoms with Crippen molar-refractivity contribution in [3.05, 3.63) is 35.9 Å². The fraction of sp³-hybridized carbons (Fsp3) is 0.562. The molecule has 1 saturated carbocycles. The lowest BCUT2D eigenvalue weighted by Gasteiger charge is -2.27. The van der Waals surface area contributed by atoms with E-state index in [9.17, 15) is 0 Å². The first-order valence-corrected chi connectivity index (χ1v) is 6.81. The molecule has 2 rings (SSSR count). The SMILES string of the molecule is CC(N=C1[C@@H](C)CCC[C@@H]1C)c1ccccc1. The van der Waals surface area contributed by atoms with Crippen molar-refractivity contribution >= 4 is 5.71 Å². The normalized spacial score (nSPS) is 26.6. The second-order valence-electron chi connectivity index (χ2n) is 5.37. The molecule has 1 fully saturated rings. The number of rotatable bonds is 2. The van der Waals surface area contributed by atoms with Crippen molar-refractivity contribution < 1.29 is 0 Å². The number of benzene rings is 1. The number of nitrogens with zero attached hydrogens (tertiary/aromatic N) is 1. The number of hydrogen-bond acceptors (Lipinski definition) is 1. The Morgan fingerprint density at radius 2 is 1.65 bits per heavy atom. The van der Waals surface area contributed by atoms with Crippen LogP contribution in [0.3, 0.4) is 0 Å². The van der Waals surface area contributed by atoms with Crippen molar-refractivity contribution in [2.24, 2.45) is 16.8 Å². The Morgan fingerprint density at radius 3 is 2.24 bits per heavy atom. The predicted octanol–water partition coefficient (Wildman–Crippen LogP) is 4.64. The van der Waals surface area contributed by atoms with Gasteiger partial charge in [0.25, 0.3) is 0 Å². The van der Waals surface area contributed by atoms with E-state index in [1.165, 1.54) is 30.5 Å². The van der Waals surface area contributed by atoms with Crippen molar-refractivity contribution in [2.45, 2.75) is 46.1 Å². The molecule has 0 heterocycles. The van der Waals surface area contributed by atoms with Crippen molar-refractivity contribution in [2.75, 3.05) is 0 Å². The zero-order chi connectivity index (χ0) is 12.3. The van der Waals surface area contributed by atoms with E-state index in [1.807, 2.05) is 0 Å². The van der Waals surface area contributed by atoms with Gasteiger partial charge in [-0.2, -0.15) is 0 Å². The van der Waals surface area contributed by atoms with Gasteiger partial charge in [-0.15, -0.1) is 0 Å². The summed E-state index contributed by atoms with van der Waals surface area (Å²) in [6.45, 7) is 6.86. The summed E-state index contributed by atoms with van der Waals surface area (Å²) in [6, 6.07) is 10.9. The van der Waals surface area contributed by atoms with Crippen LogP contribution in [-0.4, -0.2) is 5.71 Å². The highest BCUT2D eigenvalue weighted by Gasteiger charge is 2.23. The molecular formula is C16H23N. The third-order valence-electron chi connectivity index (χ3n) is 3.91. The lowest BCUT2D eigenvalue weighted by atomic mass is 9.81. The van der Waals surface area contributed by atoms with E-state index in [0.717, 1.165) is 0 Å². The monoisotopic (exact) mass is 229 g/mol. The van der Waals surface area contributed by atoms with E-state index in [4.69, 9.17) is 4.99 Å². The third-order valence-corrected chi connectivity index (χ3v) is 3.91. The smallest absolute Gasteiger partial charge is 0.0720 e. The summed E-state index contributed by atoms with van der Waals surface area (Å²) in [4.78, 5) is 4.98. The minimum Gasteiger partial charge on any atom is -0.286 e. The molecule has 1 unspecified atom stereocenters. The van der Waals surface area contributed by atoms with Crippen LogP contribution in [0.4, 0.5) is 0 Å². The molecule has 1 aromatic carbocycles. The van der Waals surface area contributed by atoms with Crippen LogP contribution in [0.2, 0.25) is 0 Å². The fourth-order valence-corrected chi connectivity index (χ4v) is 2.80. The number of aliphatic imine (C=N–C) groups is 1. The summed E-state index contributed by atoms with van der Waals surface area (Å²) >= 11 is 0. The third kappa shape index (κ3) is 2.96. The highest BCUT2D eigenvalue weighted by atomic mass is 14.8. The molecule has 0 radical (unpaired) electrons. The van der Waals surface area contributed by atoms with E-state index in [0.29, 0.717) is 17.9 Å². The molecule has 0 aromatic heterocycles. The summed E-state index contributed by atoms with van der Waals surface area (Å²) in [5.74, 6) is 1.34. The van der Waals surface area contributed by atoms with E-state index < -0.39 is 0 Å². The molecule has 0 aliphatic heterocycles. The maximum Gasteiger partial charge on any atom is 0.0720 e. The van der Waals surface area contributed by atoms with Gasteiger partial charge >= 0.3 is 0 Å². The molecule has 92 valence electrons. The van der Waals surface area contributed by atoms with Crippen LogP contribution in [0, 0.1) is 11.8 Å². The quantitative estimate of drug-likeness (QED) is 0.700. The van der Waals surface area contributed by atoms with Gasteiger partial charge in [-0.05, 0) is 37.2 Å². The molecular weight excluding hydrogens is 206 g/mol. The first-order valence-electron chi connectivity index (χ1n) is 6.81. The predicted molar refractivity (Wildman–Crippen MR) is 74.5 cm³/mol. The molecule has 0 bridgehead atoms. The Kier molecular flexibility index (Phi) is 3.98. The largest absolute Gasteiger partial charge is 0.286 e. The highest BCUT2D eigenvalue weighted by Crippen LogP contribution is 2.29. The Bertz CT molecular complexity index is 368. The van der Waals surface area contributed by atoms with Gasteiger partial charge in [0.15, 0.2) is 0 Å². The molecule has 1 aliphatic carbocycles. The van der Waals surface area contributed by atoms with Crippen LogP contribution in [0.5, 0.6) is 0 Å². The van der Waals surface area contributed by atoms with Gasteiger partial charge in [0.2, 0.25) is 0 Å². The molecule has 0 N–H and O–H groups in total. The van der Waals surface area contributed by atoms with Crippen LogP contribution in [0.25, 0.3) is 0 Å². The van der Waals surface area contributed by atoms with Crippen LogP contribution in [0.1, 0.15) is 51.6 Å². The zero-order valence-corrected chi connectivity index (χ0v) is 11.2. The van der Waals surface area contributed by atoms with Crippen molar-refractivity contribution in [1.82, 2.24) is 0 Å². The summed E-state index contributed by atoms with van der Waals surface area (Å²) in [6.07, 6.45) is 3.98. The van der Waals surface area contributed by atoms with Crippen LogP contribution in [-0.2, 0) is 0 Å². The highest BCUT2D eigenvalue weighted by molar-refractivity contribution is 5.89. The Morgan fingerprint density at radius 1 is 1.06 bits per heavy atom. The fourth-order valence-electron chi connectivity index (χ4n) is 2.80. The Labute approximate surface area is 105 Å². The first kappa shape index (κ1) is 12.3. The summed E-state index contributed by atoms with van der Waals surface area (Å²) < 4.78 is 0. The maximum absolute atomic E-state index is 4.98. The average molecular weight is 229 g/mol. The molecule has 1 aliphatic rings. The molecule has 0 saturated heterocycles. The second kappa shape index (κ2) is 5.48. The summed E-state index contributed by atoms with van der Waals surface area (Å²) in [5, 5.41) is 0. The van der Waals surface area contributed by atoms with Gasteiger partial charge in [-0.3, -0.25) is 4.99 Å². The summed E-state index contributed by atoms with van der Waals surface area (Å²) in [5.41, 5.74) is 2.76. The molecule has 17 heavy (non-hydrogen) atoms. The second-order valence-corrected chi connectivity index (χ2v) is 5.37. The number of hydrogen-bond donors (Lipinski definition) is 0. The standard InChI is InChI=1S/C16H23N/c1-12-8-7-9-13(2)16(12)17-14(3)15-10-5-4-6-11-15/h4-6,10-14H,7-9H2,1-3H3/t12-,13-,14?/m0/s1. The van der Waals surface area contributed by atoms with Crippen LogP contribution < -0.4 is 0 Å². The topological polar surface area (TPSA) is 12.4 Å². The zero-order valence-electron chi connectivity index (χ0n) is 11.2. The minimum absolute atomic E-state index is 0.300. The van der Waals surface area contributed by atoms with Gasteiger partial charge in [-0.1, -0.05) is 50.6 Å². The van der Waals surface area contributed by atoms with Crippen molar-refractivity contribution in [1.29, 1.82) is 0 Å². The van der Waals surface area contributed by atoms with Crippen LogP contribution >= 0.6 is 0 Å². The molecule has 3 atom stereocenters. The van der Waals surface area contributed by atoms with Gasteiger partial charge in [0.1, 0.15) is 0 Å². The summed E-state index contributed by atoms with van der Waals surface area (Å²) in [7, 11) is 0. The molecule has 0 spiro atoms. The van der Waals surface area contributed by atoms with Gasteiger partial charge in [0, 0.05) is 5.71 Å². The van der Waals surface area contributed by atoms with Gasteiger partial charge in [-0.25, -0.2) is 0 Å². The molecule has 1 nitrogen and oxygen atoms in total. The average Bonchev–Trinajstić information content (AvgIpc) is 2.35. The lowest BCUT2D eigenvalue weighted by Crippen LogP contribution is -2.25. The van der Waals surface area contributed by atoms with Crippen molar-refractivity contribution in [3.63, 3.8) is 0 Å². The van der Waals surface area contributed by atoms with E-state index in [-0.39, 0.29) is 0 Å². The van der Waals surface area contributed by atoms with E-state index in [1.54, 1.807) is 0 Å².